The lowest BCUT2D eigenvalue weighted by atomic mass is 10.0. The number of carbonyl (C=O) groups is 1. The summed E-state index contributed by atoms with van der Waals surface area (Å²) in [5, 5.41) is 14.7. The molecule has 0 unspecified atom stereocenters. The number of rotatable bonds is 8. The highest BCUT2D eigenvalue weighted by Gasteiger charge is 2.18. The van der Waals surface area contributed by atoms with Crippen molar-refractivity contribution >= 4 is 17.6 Å². The highest BCUT2D eigenvalue weighted by atomic mass is 35.5. The molecule has 0 saturated carbocycles. The van der Waals surface area contributed by atoms with E-state index in [1.807, 2.05) is 79.2 Å². The molecule has 3 aromatic carbocycles. The zero-order valence-electron chi connectivity index (χ0n) is 18.6. The van der Waals surface area contributed by atoms with E-state index in [0.717, 1.165) is 40.1 Å². The first-order chi connectivity index (χ1) is 15.9. The standard InChI is InChI=1S/C27H25ClN2O3/c1-18-14-19(2)27(33-17-26(31)32)23(15-18)24-16-25(21-8-10-22(28)11-9-21)30(29-24)13-12-20-6-4-3-5-7-20/h3-11,14-16H,12-13,17H2,1-2H3,(H,31,32). The highest BCUT2D eigenvalue weighted by Crippen LogP contribution is 2.36. The third-order valence-electron chi connectivity index (χ3n) is 5.41. The van der Waals surface area contributed by atoms with Crippen molar-refractivity contribution in [2.75, 3.05) is 6.61 Å². The quantitative estimate of drug-likeness (QED) is 0.340. The van der Waals surface area contributed by atoms with Gasteiger partial charge in [0.15, 0.2) is 6.61 Å². The average Bonchev–Trinajstić information content (AvgIpc) is 3.22. The molecule has 0 aliphatic rings. The van der Waals surface area contributed by atoms with Gasteiger partial charge in [0.05, 0.1) is 11.4 Å². The van der Waals surface area contributed by atoms with Crippen molar-refractivity contribution in [3.05, 3.63) is 94.5 Å². The van der Waals surface area contributed by atoms with Gasteiger partial charge < -0.3 is 9.84 Å². The Morgan fingerprint density at radius 1 is 1.03 bits per heavy atom. The Balaban J connectivity index is 1.78. The van der Waals surface area contributed by atoms with E-state index in [-0.39, 0.29) is 0 Å². The van der Waals surface area contributed by atoms with Gasteiger partial charge in [-0.05, 0) is 66.8 Å². The molecule has 5 nitrogen and oxygen atoms in total. The van der Waals surface area contributed by atoms with Crippen molar-refractivity contribution in [3.8, 4) is 28.3 Å². The number of carboxylic acids is 1. The largest absolute Gasteiger partial charge is 0.481 e. The number of hydrogen-bond donors (Lipinski definition) is 1. The molecule has 4 aromatic rings. The maximum Gasteiger partial charge on any atom is 0.341 e. The fourth-order valence-corrected chi connectivity index (χ4v) is 4.05. The first-order valence-corrected chi connectivity index (χ1v) is 11.1. The van der Waals surface area contributed by atoms with Gasteiger partial charge in [-0.3, -0.25) is 4.68 Å². The fourth-order valence-electron chi connectivity index (χ4n) is 3.92. The lowest BCUT2D eigenvalue weighted by Crippen LogP contribution is -2.11. The smallest absolute Gasteiger partial charge is 0.341 e. The average molecular weight is 461 g/mol. The molecule has 0 aliphatic carbocycles. The molecule has 0 spiro atoms. The van der Waals surface area contributed by atoms with Crippen LogP contribution in [0.1, 0.15) is 16.7 Å². The minimum Gasteiger partial charge on any atom is -0.481 e. The van der Waals surface area contributed by atoms with Gasteiger partial charge in [0.25, 0.3) is 0 Å². The van der Waals surface area contributed by atoms with Crippen LogP contribution in [-0.4, -0.2) is 27.5 Å². The first kappa shape index (κ1) is 22.6. The molecule has 1 N–H and O–H groups in total. The summed E-state index contributed by atoms with van der Waals surface area (Å²) in [5.74, 6) is -0.477. The molecule has 0 saturated heterocycles. The van der Waals surface area contributed by atoms with Gasteiger partial charge in [-0.2, -0.15) is 5.10 Å². The van der Waals surface area contributed by atoms with E-state index in [0.29, 0.717) is 17.3 Å². The van der Waals surface area contributed by atoms with Gasteiger partial charge in [0.1, 0.15) is 5.75 Å². The summed E-state index contributed by atoms with van der Waals surface area (Å²) >= 11 is 6.11. The first-order valence-electron chi connectivity index (χ1n) is 10.7. The number of aromatic nitrogens is 2. The van der Waals surface area contributed by atoms with Gasteiger partial charge >= 0.3 is 5.97 Å². The normalized spacial score (nSPS) is 10.9. The summed E-state index contributed by atoms with van der Waals surface area (Å²) in [6.45, 7) is 4.21. The minimum absolute atomic E-state index is 0.407. The Hall–Kier alpha value is -3.57. The number of aryl methyl sites for hydroxylation is 4. The molecule has 0 fully saturated rings. The maximum atomic E-state index is 11.1. The maximum absolute atomic E-state index is 11.1. The summed E-state index contributed by atoms with van der Waals surface area (Å²) < 4.78 is 7.66. The Morgan fingerprint density at radius 2 is 1.76 bits per heavy atom. The topological polar surface area (TPSA) is 64.3 Å². The second-order valence-corrected chi connectivity index (χ2v) is 8.46. The van der Waals surface area contributed by atoms with Crippen LogP contribution >= 0.6 is 11.6 Å². The van der Waals surface area contributed by atoms with Gasteiger partial charge in [0, 0.05) is 17.1 Å². The molecule has 1 aromatic heterocycles. The number of benzene rings is 3. The Kier molecular flexibility index (Phi) is 6.80. The predicted octanol–water partition coefficient (Wildman–Crippen LogP) is 6.19. The summed E-state index contributed by atoms with van der Waals surface area (Å²) in [6, 6.07) is 24.0. The van der Waals surface area contributed by atoms with Crippen molar-refractivity contribution < 1.29 is 14.6 Å². The zero-order chi connectivity index (χ0) is 23.4. The number of carboxylic acid groups (broad SMARTS) is 1. The van der Waals surface area contributed by atoms with Crippen LogP contribution in [-0.2, 0) is 17.8 Å². The second-order valence-electron chi connectivity index (χ2n) is 8.02. The molecule has 168 valence electrons. The van der Waals surface area contributed by atoms with Crippen molar-refractivity contribution in [3.63, 3.8) is 0 Å². The van der Waals surface area contributed by atoms with Crippen LogP contribution in [0.3, 0.4) is 0 Å². The zero-order valence-corrected chi connectivity index (χ0v) is 19.3. The number of nitrogens with zero attached hydrogens (tertiary/aromatic N) is 2. The van der Waals surface area contributed by atoms with E-state index >= 15 is 0 Å². The predicted molar refractivity (Wildman–Crippen MR) is 131 cm³/mol. The Morgan fingerprint density at radius 3 is 2.45 bits per heavy atom. The fraction of sp³-hybridized carbons (Fsp3) is 0.185. The summed E-state index contributed by atoms with van der Waals surface area (Å²) in [5.41, 5.74) is 6.64. The minimum atomic E-state index is -1.02. The lowest BCUT2D eigenvalue weighted by Gasteiger charge is -2.13. The number of aliphatic carboxylic acids is 1. The lowest BCUT2D eigenvalue weighted by molar-refractivity contribution is -0.139. The summed E-state index contributed by atoms with van der Waals surface area (Å²) in [4.78, 5) is 11.1. The number of hydrogen-bond acceptors (Lipinski definition) is 3. The second kappa shape index (κ2) is 9.92. The van der Waals surface area contributed by atoms with Crippen LogP contribution in [0.2, 0.25) is 5.02 Å². The Bertz CT molecular complexity index is 1260. The molecular formula is C27H25ClN2O3. The SMILES string of the molecule is Cc1cc(C)c(OCC(=O)O)c(-c2cc(-c3ccc(Cl)cc3)n(CCc3ccccc3)n2)c1. The van der Waals surface area contributed by atoms with Crippen molar-refractivity contribution in [1.82, 2.24) is 9.78 Å². The van der Waals surface area contributed by atoms with E-state index in [1.54, 1.807) is 0 Å². The van der Waals surface area contributed by atoms with E-state index in [1.165, 1.54) is 5.56 Å². The van der Waals surface area contributed by atoms with Crippen LogP contribution in [0.4, 0.5) is 0 Å². The molecule has 6 heteroatoms. The van der Waals surface area contributed by atoms with Gasteiger partial charge in [-0.25, -0.2) is 4.79 Å². The molecule has 0 amide bonds. The third-order valence-corrected chi connectivity index (χ3v) is 5.66. The molecule has 1 heterocycles. The van der Waals surface area contributed by atoms with E-state index < -0.39 is 12.6 Å². The van der Waals surface area contributed by atoms with Gasteiger partial charge in [-0.1, -0.05) is 60.1 Å². The highest BCUT2D eigenvalue weighted by molar-refractivity contribution is 6.30. The summed E-state index contributed by atoms with van der Waals surface area (Å²) in [6.07, 6.45) is 0.831. The Labute approximate surface area is 198 Å². The number of halogens is 1. The molecule has 0 radical (unpaired) electrons. The van der Waals surface area contributed by atoms with Crippen molar-refractivity contribution in [2.45, 2.75) is 26.8 Å². The van der Waals surface area contributed by atoms with Crippen LogP contribution in [0.15, 0.2) is 72.8 Å². The van der Waals surface area contributed by atoms with E-state index in [2.05, 4.69) is 12.1 Å². The number of ether oxygens (including phenoxy) is 1. The van der Waals surface area contributed by atoms with Crippen molar-refractivity contribution in [2.24, 2.45) is 0 Å². The van der Waals surface area contributed by atoms with Crippen LogP contribution in [0.25, 0.3) is 22.5 Å². The van der Waals surface area contributed by atoms with Gasteiger partial charge in [-0.15, -0.1) is 0 Å². The van der Waals surface area contributed by atoms with Gasteiger partial charge in [0.2, 0.25) is 0 Å². The van der Waals surface area contributed by atoms with E-state index in [4.69, 9.17) is 26.5 Å². The third kappa shape index (κ3) is 5.44. The molecule has 0 bridgehead atoms. The van der Waals surface area contributed by atoms with Crippen molar-refractivity contribution in [1.29, 1.82) is 0 Å². The molecular weight excluding hydrogens is 436 g/mol. The van der Waals surface area contributed by atoms with Crippen LogP contribution < -0.4 is 4.74 Å². The van der Waals surface area contributed by atoms with E-state index in [9.17, 15) is 4.79 Å². The molecule has 4 rings (SSSR count). The molecule has 0 atom stereocenters. The van der Waals surface area contributed by atoms with Crippen LogP contribution in [0.5, 0.6) is 5.75 Å². The monoisotopic (exact) mass is 460 g/mol. The molecule has 0 aliphatic heterocycles. The summed E-state index contributed by atoms with van der Waals surface area (Å²) in [7, 11) is 0. The molecule has 33 heavy (non-hydrogen) atoms. The van der Waals surface area contributed by atoms with Crippen LogP contribution in [0, 0.1) is 13.8 Å².